The molecular formula is C15H22ClN3O4S2. The minimum absolute atomic E-state index is 0.0728. The van der Waals surface area contributed by atoms with Gasteiger partial charge in [0.05, 0.1) is 16.9 Å². The van der Waals surface area contributed by atoms with Gasteiger partial charge in [-0.15, -0.1) is 0 Å². The number of primary sulfonamides is 1. The SMILES string of the molecule is CCN1c2cc(Cl)c(S(N)(=O)=O)cc2S(=O)(=O)NC1CC1CCCC1. The van der Waals surface area contributed by atoms with Crippen LogP contribution in [0.15, 0.2) is 21.9 Å². The summed E-state index contributed by atoms with van der Waals surface area (Å²) in [4.78, 5) is 1.43. The van der Waals surface area contributed by atoms with Gasteiger partial charge in [0, 0.05) is 6.54 Å². The van der Waals surface area contributed by atoms with E-state index in [1.807, 2.05) is 11.8 Å². The molecule has 0 radical (unpaired) electrons. The fourth-order valence-electron chi connectivity index (χ4n) is 3.78. The third kappa shape index (κ3) is 3.66. The fourth-order valence-corrected chi connectivity index (χ4v) is 6.39. The lowest BCUT2D eigenvalue weighted by Gasteiger charge is -2.39. The van der Waals surface area contributed by atoms with Crippen LogP contribution in [0.3, 0.4) is 0 Å². The maximum absolute atomic E-state index is 12.7. The van der Waals surface area contributed by atoms with E-state index in [4.69, 9.17) is 16.7 Å². The number of hydrogen-bond donors (Lipinski definition) is 2. The largest absolute Gasteiger partial charge is 0.354 e. The van der Waals surface area contributed by atoms with E-state index in [2.05, 4.69) is 4.72 Å². The first-order valence-corrected chi connectivity index (χ1v) is 11.7. The topological polar surface area (TPSA) is 110 Å². The third-order valence-corrected chi connectivity index (χ3v) is 7.82. The summed E-state index contributed by atoms with van der Waals surface area (Å²) in [5.74, 6) is 0.488. The van der Waals surface area contributed by atoms with E-state index >= 15 is 0 Å². The lowest BCUT2D eigenvalue weighted by molar-refractivity contribution is 0.401. The summed E-state index contributed by atoms with van der Waals surface area (Å²) in [7, 11) is -7.96. The second-order valence-electron chi connectivity index (χ2n) is 6.60. The zero-order valence-electron chi connectivity index (χ0n) is 13.9. The molecule has 3 rings (SSSR count). The lowest BCUT2D eigenvalue weighted by Crippen LogP contribution is -2.53. The molecule has 1 aromatic carbocycles. The molecule has 140 valence electrons. The molecule has 1 aliphatic heterocycles. The van der Waals surface area contributed by atoms with Crippen LogP contribution in [-0.4, -0.2) is 29.5 Å². The van der Waals surface area contributed by atoms with Crippen LogP contribution in [0.2, 0.25) is 5.02 Å². The fraction of sp³-hybridized carbons (Fsp3) is 0.600. The Labute approximate surface area is 153 Å². The Morgan fingerprint density at radius 1 is 1.32 bits per heavy atom. The van der Waals surface area contributed by atoms with Gasteiger partial charge < -0.3 is 4.90 Å². The third-order valence-electron chi connectivity index (χ3n) is 4.96. The smallest absolute Gasteiger partial charge is 0.244 e. The minimum atomic E-state index is -4.12. The van der Waals surface area contributed by atoms with Crippen molar-refractivity contribution in [1.29, 1.82) is 0 Å². The van der Waals surface area contributed by atoms with Gasteiger partial charge in [0.25, 0.3) is 0 Å². The number of halogens is 1. The average molecular weight is 408 g/mol. The van der Waals surface area contributed by atoms with Crippen LogP contribution >= 0.6 is 11.6 Å². The van der Waals surface area contributed by atoms with Gasteiger partial charge in [0.1, 0.15) is 9.79 Å². The van der Waals surface area contributed by atoms with Crippen LogP contribution < -0.4 is 14.8 Å². The normalized spacial score (nSPS) is 23.6. The highest BCUT2D eigenvalue weighted by atomic mass is 35.5. The van der Waals surface area contributed by atoms with Gasteiger partial charge in [-0.25, -0.2) is 22.0 Å². The number of fused-ring (bicyclic) bond motifs is 1. The zero-order chi connectivity index (χ0) is 18.4. The highest BCUT2D eigenvalue weighted by Crippen LogP contribution is 2.39. The van der Waals surface area contributed by atoms with E-state index in [1.54, 1.807) is 0 Å². The minimum Gasteiger partial charge on any atom is -0.354 e. The summed E-state index contributed by atoms with van der Waals surface area (Å²) < 4.78 is 51.4. The molecule has 0 spiro atoms. The van der Waals surface area contributed by atoms with E-state index in [9.17, 15) is 16.8 Å². The molecule has 25 heavy (non-hydrogen) atoms. The molecule has 1 heterocycles. The van der Waals surface area contributed by atoms with Gasteiger partial charge in [0.2, 0.25) is 20.0 Å². The molecule has 0 amide bonds. The number of benzene rings is 1. The number of nitrogens with two attached hydrogens (primary N) is 1. The van der Waals surface area contributed by atoms with Crippen molar-refractivity contribution in [3.05, 3.63) is 17.2 Å². The van der Waals surface area contributed by atoms with Gasteiger partial charge in [0.15, 0.2) is 0 Å². The van der Waals surface area contributed by atoms with E-state index < -0.39 is 20.0 Å². The number of anilines is 1. The zero-order valence-corrected chi connectivity index (χ0v) is 16.3. The van der Waals surface area contributed by atoms with Crippen molar-refractivity contribution in [3.8, 4) is 0 Å². The molecule has 1 atom stereocenters. The Kier molecular flexibility index (Phi) is 5.06. The summed E-state index contributed by atoms with van der Waals surface area (Å²) in [5, 5.41) is 5.07. The monoisotopic (exact) mass is 407 g/mol. The van der Waals surface area contributed by atoms with Crippen molar-refractivity contribution < 1.29 is 16.8 Å². The van der Waals surface area contributed by atoms with Crippen molar-refractivity contribution in [3.63, 3.8) is 0 Å². The Morgan fingerprint density at radius 2 is 1.96 bits per heavy atom. The maximum atomic E-state index is 12.7. The standard InChI is InChI=1S/C15H22ClN3O4S2/c1-2-19-12-8-11(16)13(24(17,20)21)9-14(12)25(22,23)18-15(19)7-10-5-3-4-6-10/h8-10,15,18H,2-7H2,1H3,(H2,17,20,21). The number of nitrogens with zero attached hydrogens (tertiary/aromatic N) is 1. The first kappa shape index (κ1) is 18.9. The summed E-state index contributed by atoms with van der Waals surface area (Å²) in [6, 6.07) is 2.43. The van der Waals surface area contributed by atoms with Gasteiger partial charge in [-0.2, -0.15) is 4.72 Å². The summed E-state index contributed by atoms with van der Waals surface area (Å²) in [6.45, 7) is 2.49. The van der Waals surface area contributed by atoms with Crippen LogP contribution in [-0.2, 0) is 20.0 Å². The highest BCUT2D eigenvalue weighted by molar-refractivity contribution is 7.90. The van der Waals surface area contributed by atoms with E-state index in [-0.39, 0.29) is 21.0 Å². The summed E-state index contributed by atoms with van der Waals surface area (Å²) in [6.07, 6.45) is 4.93. The number of sulfonamides is 2. The Hall–Kier alpha value is -0.870. The van der Waals surface area contributed by atoms with Gasteiger partial charge in [-0.1, -0.05) is 37.3 Å². The summed E-state index contributed by atoms with van der Waals surface area (Å²) in [5.41, 5.74) is 0.418. The molecular weight excluding hydrogens is 386 g/mol. The molecule has 1 aromatic rings. The molecule has 1 aliphatic carbocycles. The molecule has 1 unspecified atom stereocenters. The number of hydrogen-bond acceptors (Lipinski definition) is 5. The summed E-state index contributed by atoms with van der Waals surface area (Å²) >= 11 is 6.08. The molecule has 1 fully saturated rings. The molecule has 0 aromatic heterocycles. The Balaban J connectivity index is 2.08. The van der Waals surface area contributed by atoms with E-state index in [0.717, 1.165) is 25.3 Å². The maximum Gasteiger partial charge on any atom is 0.244 e. The second kappa shape index (κ2) is 6.70. The van der Waals surface area contributed by atoms with Crippen molar-refractivity contribution in [2.45, 2.75) is 55.0 Å². The van der Waals surface area contributed by atoms with Crippen LogP contribution in [0.5, 0.6) is 0 Å². The Morgan fingerprint density at radius 3 is 2.52 bits per heavy atom. The Bertz CT molecular complexity index is 880. The predicted molar refractivity (Wildman–Crippen MR) is 96.5 cm³/mol. The van der Waals surface area contributed by atoms with Crippen LogP contribution in [0.4, 0.5) is 5.69 Å². The van der Waals surface area contributed by atoms with Crippen molar-refractivity contribution in [2.75, 3.05) is 11.4 Å². The molecule has 1 saturated carbocycles. The first-order chi connectivity index (χ1) is 11.6. The molecule has 0 saturated heterocycles. The van der Waals surface area contributed by atoms with Crippen molar-refractivity contribution in [2.24, 2.45) is 11.1 Å². The van der Waals surface area contributed by atoms with Crippen LogP contribution in [0, 0.1) is 5.92 Å². The molecule has 3 N–H and O–H groups in total. The quantitative estimate of drug-likeness (QED) is 0.793. The van der Waals surface area contributed by atoms with Crippen LogP contribution in [0.25, 0.3) is 0 Å². The molecule has 2 aliphatic rings. The second-order valence-corrected chi connectivity index (χ2v) is 10.2. The van der Waals surface area contributed by atoms with Gasteiger partial charge in [-0.3, -0.25) is 0 Å². The van der Waals surface area contributed by atoms with Gasteiger partial charge in [-0.05, 0) is 31.4 Å². The molecule has 7 nitrogen and oxygen atoms in total. The van der Waals surface area contributed by atoms with Gasteiger partial charge >= 0.3 is 0 Å². The number of nitrogens with one attached hydrogen (secondary N) is 1. The molecule has 10 heteroatoms. The van der Waals surface area contributed by atoms with Crippen molar-refractivity contribution in [1.82, 2.24) is 4.72 Å². The average Bonchev–Trinajstić information content (AvgIpc) is 2.98. The lowest BCUT2D eigenvalue weighted by atomic mass is 10.0. The van der Waals surface area contributed by atoms with Crippen molar-refractivity contribution >= 4 is 37.3 Å². The van der Waals surface area contributed by atoms with E-state index in [0.29, 0.717) is 18.2 Å². The van der Waals surface area contributed by atoms with E-state index in [1.165, 1.54) is 18.9 Å². The molecule has 0 bridgehead atoms. The van der Waals surface area contributed by atoms with Crippen LogP contribution in [0.1, 0.15) is 39.0 Å². The first-order valence-electron chi connectivity index (χ1n) is 8.29. The number of rotatable bonds is 4. The highest BCUT2D eigenvalue weighted by Gasteiger charge is 2.37. The predicted octanol–water partition coefficient (Wildman–Crippen LogP) is 2.01.